The van der Waals surface area contributed by atoms with E-state index >= 15 is 0 Å². The predicted molar refractivity (Wildman–Crippen MR) is 72.1 cm³/mol. The van der Waals surface area contributed by atoms with Gasteiger partial charge in [0, 0.05) is 23.9 Å². The van der Waals surface area contributed by atoms with Crippen molar-refractivity contribution in [1.82, 2.24) is 5.06 Å². The summed E-state index contributed by atoms with van der Waals surface area (Å²) in [5.41, 5.74) is -0.926. The van der Waals surface area contributed by atoms with Gasteiger partial charge >= 0.3 is 11.9 Å². The molecule has 0 radical (unpaired) electrons. The summed E-state index contributed by atoms with van der Waals surface area (Å²) >= 11 is 0. The van der Waals surface area contributed by atoms with Gasteiger partial charge in [-0.2, -0.15) is 5.06 Å². The number of ether oxygens (including phenoxy) is 2. The molecule has 0 aliphatic carbocycles. The SMILES string of the molecule is COC(=O)CCC(=O)OC1CC(C)(C)N(O)C(C)(C)C1. The van der Waals surface area contributed by atoms with Crippen LogP contribution < -0.4 is 0 Å². The second-order valence-corrected chi connectivity index (χ2v) is 6.53. The Bertz CT molecular complexity index is 360. The lowest BCUT2D eigenvalue weighted by atomic mass is 9.80. The van der Waals surface area contributed by atoms with E-state index in [0.29, 0.717) is 12.8 Å². The maximum atomic E-state index is 11.7. The van der Waals surface area contributed by atoms with Crippen molar-refractivity contribution in [3.05, 3.63) is 0 Å². The van der Waals surface area contributed by atoms with Gasteiger partial charge in [0.05, 0.1) is 20.0 Å². The first-order valence-corrected chi connectivity index (χ1v) is 6.84. The van der Waals surface area contributed by atoms with Crippen LogP contribution in [0.15, 0.2) is 0 Å². The molecule has 0 amide bonds. The number of esters is 2. The van der Waals surface area contributed by atoms with E-state index in [-0.39, 0.29) is 18.9 Å². The molecule has 1 aliphatic heterocycles. The summed E-state index contributed by atoms with van der Waals surface area (Å²) in [6.07, 6.45) is 0.898. The summed E-state index contributed by atoms with van der Waals surface area (Å²) in [6, 6.07) is 0. The van der Waals surface area contributed by atoms with Gasteiger partial charge in [-0.25, -0.2) is 0 Å². The number of carbonyl (C=O) groups excluding carboxylic acids is 2. The van der Waals surface area contributed by atoms with E-state index in [9.17, 15) is 14.8 Å². The van der Waals surface area contributed by atoms with Gasteiger partial charge in [0.2, 0.25) is 0 Å². The Morgan fingerprint density at radius 3 is 2.00 bits per heavy atom. The standard InChI is InChI=1S/C14H25NO5/c1-13(2)8-10(9-14(3,4)15(13)18)20-12(17)7-6-11(16)19-5/h10,18H,6-9H2,1-5H3. The Morgan fingerprint density at radius 2 is 1.55 bits per heavy atom. The lowest BCUT2D eigenvalue weighted by molar-refractivity contribution is -0.259. The van der Waals surface area contributed by atoms with Gasteiger partial charge in [0.25, 0.3) is 0 Å². The van der Waals surface area contributed by atoms with E-state index in [2.05, 4.69) is 4.74 Å². The van der Waals surface area contributed by atoms with Gasteiger partial charge in [0.1, 0.15) is 6.10 Å². The number of methoxy groups -OCH3 is 1. The van der Waals surface area contributed by atoms with Crippen LogP contribution in [0.3, 0.4) is 0 Å². The molecule has 116 valence electrons. The summed E-state index contributed by atoms with van der Waals surface area (Å²) in [5.74, 6) is -0.828. The highest BCUT2D eigenvalue weighted by Crippen LogP contribution is 2.37. The van der Waals surface area contributed by atoms with E-state index in [1.165, 1.54) is 12.2 Å². The second-order valence-electron chi connectivity index (χ2n) is 6.53. The largest absolute Gasteiger partial charge is 0.469 e. The number of nitrogens with zero attached hydrogens (tertiary/aromatic N) is 1. The molecule has 20 heavy (non-hydrogen) atoms. The first kappa shape index (κ1) is 16.9. The van der Waals surface area contributed by atoms with E-state index in [1.54, 1.807) is 0 Å². The molecule has 1 N–H and O–H groups in total. The summed E-state index contributed by atoms with van der Waals surface area (Å²) < 4.78 is 9.91. The fraction of sp³-hybridized carbons (Fsp3) is 0.857. The molecular weight excluding hydrogens is 262 g/mol. The average molecular weight is 287 g/mol. The third kappa shape index (κ3) is 4.18. The number of hydrogen-bond acceptors (Lipinski definition) is 6. The fourth-order valence-corrected chi connectivity index (χ4v) is 2.81. The Balaban J connectivity index is 2.56. The van der Waals surface area contributed by atoms with E-state index in [4.69, 9.17) is 4.74 Å². The van der Waals surface area contributed by atoms with Crippen molar-refractivity contribution in [2.24, 2.45) is 0 Å². The fourth-order valence-electron chi connectivity index (χ4n) is 2.81. The molecule has 0 saturated carbocycles. The monoisotopic (exact) mass is 287 g/mol. The minimum absolute atomic E-state index is 0.0207. The van der Waals surface area contributed by atoms with Crippen LogP contribution in [-0.4, -0.2) is 46.5 Å². The number of rotatable bonds is 4. The highest BCUT2D eigenvalue weighted by Gasteiger charge is 2.46. The Kier molecular flexibility index (Phi) is 5.15. The zero-order chi connectivity index (χ0) is 15.6. The van der Waals surface area contributed by atoms with Crippen LogP contribution in [0, 0.1) is 0 Å². The molecule has 0 spiro atoms. The number of piperidine rings is 1. The van der Waals surface area contributed by atoms with Gasteiger partial charge in [-0.1, -0.05) is 0 Å². The molecule has 1 rings (SSSR count). The van der Waals surface area contributed by atoms with Crippen molar-refractivity contribution in [2.75, 3.05) is 7.11 Å². The van der Waals surface area contributed by atoms with E-state index in [1.807, 2.05) is 27.7 Å². The van der Waals surface area contributed by atoms with Gasteiger partial charge in [-0.15, -0.1) is 0 Å². The topological polar surface area (TPSA) is 76.1 Å². The highest BCUT2D eigenvalue weighted by atomic mass is 16.5. The molecule has 1 aliphatic rings. The molecule has 1 heterocycles. The molecule has 0 aromatic heterocycles. The molecule has 6 heteroatoms. The Morgan fingerprint density at radius 1 is 1.10 bits per heavy atom. The molecule has 0 atom stereocenters. The van der Waals surface area contributed by atoms with E-state index < -0.39 is 23.0 Å². The summed E-state index contributed by atoms with van der Waals surface area (Å²) in [5, 5.41) is 11.5. The second kappa shape index (κ2) is 6.10. The molecule has 0 aromatic rings. The van der Waals surface area contributed by atoms with Crippen molar-refractivity contribution in [3.63, 3.8) is 0 Å². The third-order valence-electron chi connectivity index (χ3n) is 3.66. The number of hydrogen-bond donors (Lipinski definition) is 1. The number of hydroxylamine groups is 2. The van der Waals surface area contributed by atoms with Gasteiger partial charge in [0.15, 0.2) is 0 Å². The maximum absolute atomic E-state index is 11.7. The third-order valence-corrected chi connectivity index (χ3v) is 3.66. The minimum Gasteiger partial charge on any atom is -0.469 e. The molecule has 0 bridgehead atoms. The van der Waals surface area contributed by atoms with Crippen molar-refractivity contribution in [3.8, 4) is 0 Å². The van der Waals surface area contributed by atoms with Crippen LogP contribution in [0.1, 0.15) is 53.4 Å². The van der Waals surface area contributed by atoms with Crippen LogP contribution in [0.4, 0.5) is 0 Å². The molecule has 0 unspecified atom stereocenters. The zero-order valence-corrected chi connectivity index (χ0v) is 12.9. The molecule has 1 fully saturated rings. The van der Waals surface area contributed by atoms with Crippen molar-refractivity contribution in [1.29, 1.82) is 0 Å². The number of carbonyl (C=O) groups is 2. The summed E-state index contributed by atoms with van der Waals surface area (Å²) in [7, 11) is 1.29. The van der Waals surface area contributed by atoms with Crippen LogP contribution in [0.5, 0.6) is 0 Å². The predicted octanol–water partition coefficient (Wildman–Crippen LogP) is 1.89. The van der Waals surface area contributed by atoms with E-state index in [0.717, 1.165) is 0 Å². The van der Waals surface area contributed by atoms with Crippen molar-refractivity contribution in [2.45, 2.75) is 70.6 Å². The normalized spacial score (nSPS) is 22.3. The van der Waals surface area contributed by atoms with Crippen LogP contribution in [0.25, 0.3) is 0 Å². The van der Waals surface area contributed by atoms with Gasteiger partial charge in [-0.05, 0) is 27.7 Å². The van der Waals surface area contributed by atoms with Gasteiger partial charge < -0.3 is 14.7 Å². The quantitative estimate of drug-likeness (QED) is 0.796. The van der Waals surface area contributed by atoms with Crippen LogP contribution >= 0.6 is 0 Å². The van der Waals surface area contributed by atoms with Crippen LogP contribution in [-0.2, 0) is 19.1 Å². The Labute approximate surface area is 120 Å². The Hall–Kier alpha value is -1.14. The zero-order valence-electron chi connectivity index (χ0n) is 12.9. The van der Waals surface area contributed by atoms with Crippen LogP contribution in [0.2, 0.25) is 0 Å². The minimum atomic E-state index is -0.463. The molecule has 1 saturated heterocycles. The molecule has 0 aromatic carbocycles. The maximum Gasteiger partial charge on any atom is 0.306 e. The highest BCUT2D eigenvalue weighted by molar-refractivity contribution is 5.77. The lowest BCUT2D eigenvalue weighted by Crippen LogP contribution is -2.60. The van der Waals surface area contributed by atoms with Gasteiger partial charge in [-0.3, -0.25) is 9.59 Å². The molecular formula is C14H25NO5. The van der Waals surface area contributed by atoms with Crippen molar-refractivity contribution >= 4 is 11.9 Å². The summed E-state index contributed by atoms with van der Waals surface area (Å²) in [4.78, 5) is 22.7. The van der Waals surface area contributed by atoms with Crippen molar-refractivity contribution < 1.29 is 24.3 Å². The summed E-state index contributed by atoms with van der Waals surface area (Å²) in [6.45, 7) is 7.62. The lowest BCUT2D eigenvalue weighted by Gasteiger charge is -2.50. The molecule has 6 nitrogen and oxygen atoms in total. The first-order valence-electron chi connectivity index (χ1n) is 6.84. The smallest absolute Gasteiger partial charge is 0.306 e. The first-order chi connectivity index (χ1) is 9.08. The average Bonchev–Trinajstić information content (AvgIpc) is 2.32.